The van der Waals surface area contributed by atoms with Gasteiger partial charge in [-0.2, -0.15) is 5.26 Å². The zero-order chi connectivity index (χ0) is 19.1. The third kappa shape index (κ3) is 2.75. The Morgan fingerprint density at radius 3 is 2.52 bits per heavy atom. The smallest absolute Gasteiger partial charge is 0.183 e. The molecule has 0 saturated heterocycles. The highest BCUT2D eigenvalue weighted by Crippen LogP contribution is 2.31. The summed E-state index contributed by atoms with van der Waals surface area (Å²) in [6.45, 7) is 1.90. The summed E-state index contributed by atoms with van der Waals surface area (Å²) in [7, 11) is 0. The molecule has 3 heterocycles. The van der Waals surface area contributed by atoms with Gasteiger partial charge in [0, 0.05) is 29.2 Å². The number of hydrogen-bond donors (Lipinski definition) is 1. The number of rotatable bonds is 2. The molecule has 4 aromatic rings. The minimum atomic E-state index is -1.01. The summed E-state index contributed by atoms with van der Waals surface area (Å²) < 4.78 is 28.9. The van der Waals surface area contributed by atoms with Gasteiger partial charge in [-0.25, -0.2) is 23.7 Å². The maximum Gasteiger partial charge on any atom is 0.183 e. The summed E-state index contributed by atoms with van der Waals surface area (Å²) in [6, 6.07) is 8.88. The molecule has 0 saturated carbocycles. The molecule has 27 heavy (non-hydrogen) atoms. The van der Waals surface area contributed by atoms with E-state index in [-0.39, 0.29) is 17.2 Å². The number of fused-ring (bicyclic) bond motifs is 1. The maximum absolute atomic E-state index is 13.7. The predicted octanol–water partition coefficient (Wildman–Crippen LogP) is 3.50. The third-order valence-corrected chi connectivity index (χ3v) is 4.19. The van der Waals surface area contributed by atoms with Crippen LogP contribution in [-0.4, -0.2) is 19.4 Å². The first-order valence-electron chi connectivity index (χ1n) is 7.95. The van der Waals surface area contributed by atoms with Gasteiger partial charge in [-0.1, -0.05) is 0 Å². The number of anilines is 1. The molecule has 2 N–H and O–H groups in total. The summed E-state index contributed by atoms with van der Waals surface area (Å²) in [5, 5.41) is 9.26. The second-order valence-corrected chi connectivity index (χ2v) is 5.94. The van der Waals surface area contributed by atoms with Crippen LogP contribution in [0.4, 0.5) is 14.6 Å². The highest BCUT2D eigenvalue weighted by molar-refractivity contribution is 5.80. The molecule has 0 aliphatic rings. The van der Waals surface area contributed by atoms with Gasteiger partial charge >= 0.3 is 0 Å². The zero-order valence-electron chi connectivity index (χ0n) is 14.1. The van der Waals surface area contributed by atoms with Gasteiger partial charge in [-0.3, -0.25) is 0 Å². The van der Waals surface area contributed by atoms with Crippen molar-refractivity contribution in [1.82, 2.24) is 19.4 Å². The van der Waals surface area contributed by atoms with Crippen molar-refractivity contribution < 1.29 is 8.78 Å². The Balaban J connectivity index is 2.01. The average molecular weight is 362 g/mol. The van der Waals surface area contributed by atoms with E-state index in [4.69, 9.17) is 5.73 Å². The number of nitrogen functional groups attached to an aromatic ring is 1. The van der Waals surface area contributed by atoms with Crippen LogP contribution in [0.3, 0.4) is 0 Å². The number of nitrogens with zero attached hydrogens (tertiary/aromatic N) is 5. The number of aromatic nitrogens is 4. The lowest BCUT2D eigenvalue weighted by molar-refractivity contribution is 0.509. The molecule has 0 bridgehead atoms. The quantitative estimate of drug-likeness (QED) is 0.589. The Morgan fingerprint density at radius 2 is 1.78 bits per heavy atom. The molecule has 1 aromatic carbocycles. The van der Waals surface area contributed by atoms with Gasteiger partial charge in [-0.05, 0) is 37.3 Å². The zero-order valence-corrected chi connectivity index (χ0v) is 14.1. The highest BCUT2D eigenvalue weighted by atomic mass is 19.2. The molecule has 0 spiro atoms. The van der Waals surface area contributed by atoms with Gasteiger partial charge < -0.3 is 10.1 Å². The van der Waals surface area contributed by atoms with E-state index < -0.39 is 11.6 Å². The van der Waals surface area contributed by atoms with Crippen molar-refractivity contribution in [2.45, 2.75) is 6.92 Å². The van der Waals surface area contributed by atoms with Crippen molar-refractivity contribution in [3.8, 4) is 28.6 Å². The lowest BCUT2D eigenvalue weighted by Crippen LogP contribution is -2.04. The number of halogens is 2. The standard InChI is InChI=1S/C19H12F2N6/c1-10-8-24-16-5-3-12(9-27(10)16)18-17(26-19(23)15(7-22)25-18)11-2-4-13(20)14(21)6-11/h2-6,8-9H,1H3,(H2,23,26). The molecule has 0 atom stereocenters. The summed E-state index contributed by atoms with van der Waals surface area (Å²) in [4.78, 5) is 12.8. The van der Waals surface area contributed by atoms with Crippen LogP contribution in [0.15, 0.2) is 42.7 Å². The van der Waals surface area contributed by atoms with Crippen LogP contribution >= 0.6 is 0 Å². The van der Waals surface area contributed by atoms with E-state index >= 15 is 0 Å². The Labute approximate surface area is 152 Å². The first-order chi connectivity index (χ1) is 13.0. The van der Waals surface area contributed by atoms with Crippen molar-refractivity contribution >= 4 is 11.5 Å². The van der Waals surface area contributed by atoms with Gasteiger partial charge in [0.1, 0.15) is 11.7 Å². The highest BCUT2D eigenvalue weighted by Gasteiger charge is 2.17. The van der Waals surface area contributed by atoms with Crippen molar-refractivity contribution in [3.63, 3.8) is 0 Å². The lowest BCUT2D eigenvalue weighted by atomic mass is 10.0. The third-order valence-electron chi connectivity index (χ3n) is 4.19. The van der Waals surface area contributed by atoms with E-state index in [9.17, 15) is 14.0 Å². The van der Waals surface area contributed by atoms with Gasteiger partial charge in [0.15, 0.2) is 23.1 Å². The number of benzene rings is 1. The van der Waals surface area contributed by atoms with Crippen molar-refractivity contribution in [1.29, 1.82) is 5.26 Å². The van der Waals surface area contributed by atoms with E-state index in [1.165, 1.54) is 6.07 Å². The number of pyridine rings is 1. The molecule has 4 rings (SSSR count). The Bertz CT molecular complexity index is 1240. The van der Waals surface area contributed by atoms with E-state index in [2.05, 4.69) is 15.0 Å². The van der Waals surface area contributed by atoms with Gasteiger partial charge in [0.25, 0.3) is 0 Å². The molecule has 0 fully saturated rings. The fraction of sp³-hybridized carbons (Fsp3) is 0.0526. The largest absolute Gasteiger partial charge is 0.381 e. The summed E-state index contributed by atoms with van der Waals surface area (Å²) >= 11 is 0. The van der Waals surface area contributed by atoms with Crippen molar-refractivity contribution in [3.05, 3.63) is 65.7 Å². The first kappa shape index (κ1) is 16.6. The minimum Gasteiger partial charge on any atom is -0.381 e. The fourth-order valence-corrected chi connectivity index (χ4v) is 2.82. The van der Waals surface area contributed by atoms with Crippen LogP contribution < -0.4 is 5.73 Å². The van der Waals surface area contributed by atoms with E-state index in [0.717, 1.165) is 23.5 Å². The molecule has 0 radical (unpaired) electrons. The average Bonchev–Trinajstić information content (AvgIpc) is 3.04. The molecule has 0 aliphatic carbocycles. The molecule has 0 unspecified atom stereocenters. The molecule has 0 aliphatic heterocycles. The van der Waals surface area contributed by atoms with Gasteiger partial charge in [-0.15, -0.1) is 0 Å². The van der Waals surface area contributed by atoms with Crippen LogP contribution in [0.5, 0.6) is 0 Å². The monoisotopic (exact) mass is 362 g/mol. The second-order valence-electron chi connectivity index (χ2n) is 5.94. The summed E-state index contributed by atoms with van der Waals surface area (Å²) in [5.41, 5.74) is 8.93. The Hall–Kier alpha value is -3.86. The summed E-state index contributed by atoms with van der Waals surface area (Å²) in [5.74, 6) is -2.06. The normalized spacial score (nSPS) is 10.9. The first-order valence-corrected chi connectivity index (χ1v) is 7.95. The molecule has 6 nitrogen and oxygen atoms in total. The fourth-order valence-electron chi connectivity index (χ4n) is 2.82. The molecular weight excluding hydrogens is 350 g/mol. The van der Waals surface area contributed by atoms with Crippen molar-refractivity contribution in [2.75, 3.05) is 5.73 Å². The molecule has 132 valence electrons. The number of aryl methyl sites for hydroxylation is 1. The van der Waals surface area contributed by atoms with Crippen LogP contribution in [-0.2, 0) is 0 Å². The van der Waals surface area contributed by atoms with Crippen molar-refractivity contribution in [2.24, 2.45) is 0 Å². The number of nitriles is 1. The number of hydrogen-bond acceptors (Lipinski definition) is 5. The van der Waals surface area contributed by atoms with E-state index in [1.807, 2.05) is 17.4 Å². The van der Waals surface area contributed by atoms with E-state index in [1.54, 1.807) is 24.5 Å². The van der Waals surface area contributed by atoms with Crippen LogP contribution in [0.2, 0.25) is 0 Å². The van der Waals surface area contributed by atoms with Crippen LogP contribution in [0, 0.1) is 29.9 Å². The molecule has 0 amide bonds. The SMILES string of the molecule is Cc1cnc2ccc(-c3nc(C#N)c(N)nc3-c3ccc(F)c(F)c3)cn12. The molecule has 3 aromatic heterocycles. The minimum absolute atomic E-state index is 0.0428. The number of nitrogens with two attached hydrogens (primary N) is 1. The van der Waals surface area contributed by atoms with Gasteiger partial charge in [0.2, 0.25) is 0 Å². The topological polar surface area (TPSA) is 92.9 Å². The Morgan fingerprint density at radius 1 is 1.04 bits per heavy atom. The number of imidazole rings is 1. The molecule has 8 heteroatoms. The second kappa shape index (κ2) is 6.14. The lowest BCUT2D eigenvalue weighted by Gasteiger charge is -2.11. The van der Waals surface area contributed by atoms with Crippen LogP contribution in [0.1, 0.15) is 11.4 Å². The maximum atomic E-state index is 13.7. The van der Waals surface area contributed by atoms with Gasteiger partial charge in [0.05, 0.1) is 11.4 Å². The Kier molecular flexibility index (Phi) is 3.78. The summed E-state index contributed by atoms with van der Waals surface area (Å²) in [6.07, 6.45) is 3.52. The predicted molar refractivity (Wildman–Crippen MR) is 95.4 cm³/mol. The van der Waals surface area contributed by atoms with E-state index in [0.29, 0.717) is 16.8 Å². The van der Waals surface area contributed by atoms with Crippen LogP contribution in [0.25, 0.3) is 28.2 Å². The molecular formula is C19H12F2N6.